The van der Waals surface area contributed by atoms with Gasteiger partial charge in [0.15, 0.2) is 6.29 Å². The fraction of sp³-hybridized carbons (Fsp3) is 1.00. The second kappa shape index (κ2) is 5.01. The Balaban J connectivity index is 2.71. The number of aliphatic hydroxyl groups excluding tert-OH is 2. The molecule has 4 N–H and O–H groups in total. The molecule has 0 bridgehead atoms. The highest BCUT2D eigenvalue weighted by molar-refractivity contribution is 4.92. The van der Waals surface area contributed by atoms with E-state index in [0.29, 0.717) is 0 Å². The first-order valence-corrected chi connectivity index (χ1v) is 4.41. The fourth-order valence-corrected chi connectivity index (χ4v) is 1.59. The van der Waals surface area contributed by atoms with Crippen LogP contribution >= 0.6 is 0 Å². The highest BCUT2D eigenvalue weighted by Crippen LogP contribution is 2.21. The molecule has 1 aliphatic rings. The van der Waals surface area contributed by atoms with Crippen molar-refractivity contribution in [3.63, 3.8) is 0 Å². The van der Waals surface area contributed by atoms with Crippen molar-refractivity contribution in [2.75, 3.05) is 20.8 Å². The molecule has 5 atom stereocenters. The molecule has 1 saturated heterocycles. The number of aliphatic hydroxyl groups is 2. The molecule has 84 valence electrons. The summed E-state index contributed by atoms with van der Waals surface area (Å²) in [6.45, 7) is -0.248. The molecule has 0 aromatic rings. The van der Waals surface area contributed by atoms with E-state index < -0.39 is 30.6 Å². The van der Waals surface area contributed by atoms with Crippen LogP contribution in [0, 0.1) is 0 Å². The van der Waals surface area contributed by atoms with E-state index in [4.69, 9.17) is 25.1 Å². The van der Waals surface area contributed by atoms with Crippen LogP contribution in [0.15, 0.2) is 0 Å². The number of ether oxygens (including phenoxy) is 3. The lowest BCUT2D eigenvalue weighted by atomic mass is 9.97. The van der Waals surface area contributed by atoms with Crippen LogP contribution in [0.1, 0.15) is 0 Å². The van der Waals surface area contributed by atoms with Crippen molar-refractivity contribution in [3.05, 3.63) is 0 Å². The van der Waals surface area contributed by atoms with Crippen LogP contribution in [0.25, 0.3) is 0 Å². The molecule has 0 aromatic heterocycles. The molecular formula is C8H17NO5. The van der Waals surface area contributed by atoms with Crippen LogP contribution in [-0.4, -0.2) is 61.7 Å². The second-order valence-electron chi connectivity index (χ2n) is 3.23. The Labute approximate surface area is 82.6 Å². The topological polar surface area (TPSA) is 94.2 Å². The first-order valence-electron chi connectivity index (χ1n) is 4.41. The second-order valence-corrected chi connectivity index (χ2v) is 3.23. The molecular weight excluding hydrogens is 190 g/mol. The predicted octanol–water partition coefficient (Wildman–Crippen LogP) is -1.95. The summed E-state index contributed by atoms with van der Waals surface area (Å²) >= 11 is 0. The first kappa shape index (κ1) is 11.8. The summed E-state index contributed by atoms with van der Waals surface area (Å²) in [6, 6.07) is -0.673. The van der Waals surface area contributed by atoms with Gasteiger partial charge in [-0.25, -0.2) is 0 Å². The van der Waals surface area contributed by atoms with E-state index in [1.807, 2.05) is 0 Å². The van der Waals surface area contributed by atoms with Gasteiger partial charge in [0.05, 0.1) is 12.6 Å². The molecule has 0 spiro atoms. The predicted molar refractivity (Wildman–Crippen MR) is 47.5 cm³/mol. The maximum absolute atomic E-state index is 9.72. The summed E-state index contributed by atoms with van der Waals surface area (Å²) < 4.78 is 15.2. The van der Waals surface area contributed by atoms with E-state index in [-0.39, 0.29) is 6.61 Å². The molecule has 14 heavy (non-hydrogen) atoms. The maximum Gasteiger partial charge on any atom is 0.175 e. The molecule has 0 aliphatic carbocycles. The van der Waals surface area contributed by atoms with Crippen LogP contribution in [-0.2, 0) is 14.2 Å². The summed E-state index contributed by atoms with van der Waals surface area (Å²) in [5.74, 6) is 0. The Kier molecular flexibility index (Phi) is 4.24. The Morgan fingerprint density at radius 3 is 2.43 bits per heavy atom. The quantitative estimate of drug-likeness (QED) is 0.498. The standard InChI is InChI=1S/C8H17NO5/c1-12-7-4(3-10)14-8(13-2)5(9)6(7)11/h4-8,10-11H,3,9H2,1-2H3/t4?,5?,6-,7-,8-/m1/s1. The number of hydrogen-bond acceptors (Lipinski definition) is 6. The van der Waals surface area contributed by atoms with Gasteiger partial charge >= 0.3 is 0 Å². The molecule has 6 nitrogen and oxygen atoms in total. The van der Waals surface area contributed by atoms with Gasteiger partial charge in [-0.15, -0.1) is 0 Å². The van der Waals surface area contributed by atoms with Crippen molar-refractivity contribution in [3.8, 4) is 0 Å². The van der Waals surface area contributed by atoms with Gasteiger partial charge in [-0.1, -0.05) is 0 Å². The molecule has 2 unspecified atom stereocenters. The van der Waals surface area contributed by atoms with E-state index in [2.05, 4.69) is 0 Å². The van der Waals surface area contributed by atoms with E-state index in [9.17, 15) is 5.11 Å². The number of hydrogen-bond donors (Lipinski definition) is 3. The molecule has 0 radical (unpaired) electrons. The normalized spacial score (nSPS) is 43.9. The molecule has 1 fully saturated rings. The fourth-order valence-electron chi connectivity index (χ4n) is 1.59. The van der Waals surface area contributed by atoms with Gasteiger partial charge in [0.2, 0.25) is 0 Å². The number of rotatable bonds is 3. The Morgan fingerprint density at radius 2 is 2.00 bits per heavy atom. The molecule has 1 heterocycles. The summed E-state index contributed by atoms with van der Waals surface area (Å²) in [5.41, 5.74) is 5.65. The first-order chi connectivity index (χ1) is 6.65. The lowest BCUT2D eigenvalue weighted by Crippen LogP contribution is -2.62. The third kappa shape index (κ3) is 2.05. The van der Waals surface area contributed by atoms with Gasteiger partial charge in [0.25, 0.3) is 0 Å². The van der Waals surface area contributed by atoms with E-state index >= 15 is 0 Å². The van der Waals surface area contributed by atoms with Crippen LogP contribution in [0.2, 0.25) is 0 Å². The zero-order valence-corrected chi connectivity index (χ0v) is 8.29. The van der Waals surface area contributed by atoms with Crippen molar-refractivity contribution in [2.24, 2.45) is 5.73 Å². The molecule has 6 heteroatoms. The third-order valence-electron chi connectivity index (χ3n) is 2.40. The number of nitrogens with two attached hydrogens (primary N) is 1. The van der Waals surface area contributed by atoms with Crippen molar-refractivity contribution >= 4 is 0 Å². The Hall–Kier alpha value is -0.240. The molecule has 1 rings (SSSR count). The maximum atomic E-state index is 9.72. The minimum absolute atomic E-state index is 0.248. The zero-order valence-electron chi connectivity index (χ0n) is 8.29. The van der Waals surface area contributed by atoms with E-state index in [0.717, 1.165) is 0 Å². The van der Waals surface area contributed by atoms with Crippen LogP contribution in [0.3, 0.4) is 0 Å². The average molecular weight is 207 g/mol. The van der Waals surface area contributed by atoms with Crippen molar-refractivity contribution in [1.82, 2.24) is 0 Å². The summed E-state index contributed by atoms with van der Waals surface area (Å²) in [5, 5.41) is 18.7. The largest absolute Gasteiger partial charge is 0.394 e. The number of methoxy groups -OCH3 is 2. The van der Waals surface area contributed by atoms with Crippen molar-refractivity contribution in [1.29, 1.82) is 0 Å². The van der Waals surface area contributed by atoms with Crippen molar-refractivity contribution < 1.29 is 24.4 Å². The Morgan fingerprint density at radius 1 is 1.36 bits per heavy atom. The highest BCUT2D eigenvalue weighted by atomic mass is 16.7. The van der Waals surface area contributed by atoms with Gasteiger partial charge in [-0.2, -0.15) is 0 Å². The lowest BCUT2D eigenvalue weighted by molar-refractivity contribution is -0.262. The van der Waals surface area contributed by atoms with Crippen LogP contribution in [0.5, 0.6) is 0 Å². The summed E-state index contributed by atoms with van der Waals surface area (Å²) in [7, 11) is 2.86. The lowest BCUT2D eigenvalue weighted by Gasteiger charge is -2.41. The van der Waals surface area contributed by atoms with Gasteiger partial charge in [-0.05, 0) is 0 Å². The monoisotopic (exact) mass is 207 g/mol. The van der Waals surface area contributed by atoms with Gasteiger partial charge in [-0.3, -0.25) is 0 Å². The van der Waals surface area contributed by atoms with E-state index in [1.165, 1.54) is 14.2 Å². The van der Waals surface area contributed by atoms with Crippen LogP contribution in [0.4, 0.5) is 0 Å². The third-order valence-corrected chi connectivity index (χ3v) is 2.40. The molecule has 0 saturated carbocycles. The smallest absolute Gasteiger partial charge is 0.175 e. The van der Waals surface area contributed by atoms with Crippen LogP contribution < -0.4 is 5.73 Å². The van der Waals surface area contributed by atoms with Gasteiger partial charge < -0.3 is 30.2 Å². The van der Waals surface area contributed by atoms with Crippen molar-refractivity contribution in [2.45, 2.75) is 30.6 Å². The minimum Gasteiger partial charge on any atom is -0.394 e. The zero-order chi connectivity index (χ0) is 10.7. The SMILES string of the molecule is CO[C@@H]1OC(CO)[C@@H](OC)[C@H](O)C1N. The molecule has 0 amide bonds. The summed E-state index contributed by atoms with van der Waals surface area (Å²) in [6.07, 6.45) is -2.86. The Bertz CT molecular complexity index is 177. The average Bonchev–Trinajstić information content (AvgIpc) is 2.21. The highest BCUT2D eigenvalue weighted by Gasteiger charge is 2.43. The van der Waals surface area contributed by atoms with Gasteiger partial charge in [0.1, 0.15) is 18.3 Å². The molecule has 0 aromatic carbocycles. The molecule has 1 aliphatic heterocycles. The van der Waals surface area contributed by atoms with E-state index in [1.54, 1.807) is 0 Å². The summed E-state index contributed by atoms with van der Waals surface area (Å²) in [4.78, 5) is 0. The van der Waals surface area contributed by atoms with Gasteiger partial charge in [0, 0.05) is 14.2 Å². The minimum atomic E-state index is -0.907.